The second-order valence-electron chi connectivity index (χ2n) is 14.7. The molecule has 0 bridgehead atoms. The molecule has 0 rings (SSSR count). The molecule has 0 heterocycles. The van der Waals surface area contributed by atoms with E-state index in [0.717, 1.165) is 83.5 Å². The summed E-state index contributed by atoms with van der Waals surface area (Å²) in [6, 6.07) is 0. The fourth-order valence-electron chi connectivity index (χ4n) is 5.78. The van der Waals surface area contributed by atoms with E-state index < -0.39 is 6.10 Å². The molecular weight excluding hydrogens is 721 g/mol. The monoisotopic (exact) mass is 803 g/mol. The summed E-state index contributed by atoms with van der Waals surface area (Å²) in [6.45, 7) is 6.26. The summed E-state index contributed by atoms with van der Waals surface area (Å²) in [5.74, 6) is -1.01. The minimum absolute atomic E-state index is 0.109. The lowest BCUT2D eigenvalue weighted by Gasteiger charge is -2.18. The van der Waals surface area contributed by atoms with E-state index >= 15 is 0 Å². The number of hydrogen-bond acceptors (Lipinski definition) is 6. The first-order valence-electron chi connectivity index (χ1n) is 23.0. The van der Waals surface area contributed by atoms with Crippen molar-refractivity contribution in [3.8, 4) is 0 Å². The maximum absolute atomic E-state index is 12.7. The van der Waals surface area contributed by atoms with Crippen molar-refractivity contribution in [2.45, 2.75) is 187 Å². The zero-order chi connectivity index (χ0) is 42.3. The normalized spacial score (nSPS) is 13.1. The van der Waals surface area contributed by atoms with Gasteiger partial charge in [-0.15, -0.1) is 0 Å². The molecular formula is C52H82O6. The number of carbonyl (C=O) groups is 3. The van der Waals surface area contributed by atoms with Gasteiger partial charge in [-0.25, -0.2) is 0 Å². The van der Waals surface area contributed by atoms with Crippen LogP contribution in [0.25, 0.3) is 0 Å². The second kappa shape index (κ2) is 45.8. The van der Waals surface area contributed by atoms with Crippen LogP contribution in [-0.4, -0.2) is 37.2 Å². The molecule has 0 N–H and O–H groups in total. The molecule has 0 aliphatic rings. The minimum Gasteiger partial charge on any atom is -0.462 e. The number of ether oxygens (including phenoxy) is 3. The number of rotatable bonds is 39. The van der Waals surface area contributed by atoms with E-state index in [9.17, 15) is 14.4 Å². The van der Waals surface area contributed by atoms with Gasteiger partial charge in [-0.1, -0.05) is 201 Å². The van der Waals surface area contributed by atoms with Gasteiger partial charge >= 0.3 is 17.9 Å². The molecule has 0 aliphatic carbocycles. The molecule has 326 valence electrons. The molecule has 0 aromatic rings. The number of esters is 3. The Morgan fingerprint density at radius 1 is 0.379 bits per heavy atom. The maximum Gasteiger partial charge on any atom is 0.306 e. The molecule has 0 saturated carbocycles. The van der Waals surface area contributed by atoms with E-state index in [4.69, 9.17) is 14.2 Å². The van der Waals surface area contributed by atoms with Gasteiger partial charge in [0.2, 0.25) is 0 Å². The van der Waals surface area contributed by atoms with Crippen LogP contribution in [0.3, 0.4) is 0 Å². The van der Waals surface area contributed by atoms with Crippen LogP contribution < -0.4 is 0 Å². The Hall–Kier alpha value is -3.93. The average Bonchev–Trinajstić information content (AvgIpc) is 3.22. The van der Waals surface area contributed by atoms with E-state index in [1.807, 2.05) is 60.8 Å². The van der Waals surface area contributed by atoms with E-state index in [-0.39, 0.29) is 37.5 Å². The van der Waals surface area contributed by atoms with Gasteiger partial charge in [-0.2, -0.15) is 0 Å². The number of unbranched alkanes of at least 4 members (excludes halogenated alkanes) is 15. The SMILES string of the molecule is CC\C=C/C=C\C=C/C=C\C=C\C=C/CCCCCC(=O)OCC(COC(=O)CCCCCCCCCCCCC)OC(=O)CCCC/C=C\C/C=C\C/C=C\CC. The molecule has 0 fully saturated rings. The quantitative estimate of drug-likeness (QED) is 0.0202. The highest BCUT2D eigenvalue weighted by Crippen LogP contribution is 2.13. The second-order valence-corrected chi connectivity index (χ2v) is 14.7. The summed E-state index contributed by atoms with van der Waals surface area (Å²) in [4.78, 5) is 37.7. The van der Waals surface area contributed by atoms with Crippen molar-refractivity contribution in [1.82, 2.24) is 0 Å². The molecule has 0 aromatic carbocycles. The first kappa shape index (κ1) is 54.1. The highest BCUT2D eigenvalue weighted by atomic mass is 16.6. The Kier molecular flexibility index (Phi) is 42.7. The standard InChI is InChI=1S/C52H82O6/c1-4-7-10-13-16-19-22-24-25-26-27-28-31-33-36-39-42-45-51(54)57-48-49(47-56-50(53)44-41-38-35-32-29-21-18-15-12-9-6-3)58-52(55)46-43-40-37-34-30-23-20-17-14-11-8-5-2/h7-8,10-11,13,16-17,19-20,22,24-28,30-31,34,49H,4-6,9,12,14-15,18,21,23,29,32-33,35-48H2,1-3H3/b10-7-,11-8-,16-13-,20-17-,22-19-,25-24-,27-26+,31-28-,34-30-. The third kappa shape index (κ3) is 43.2. The molecule has 0 spiro atoms. The number of hydrogen-bond donors (Lipinski definition) is 0. The zero-order valence-corrected chi connectivity index (χ0v) is 37.0. The Labute approximate surface area is 355 Å². The Balaban J connectivity index is 4.54. The molecule has 1 atom stereocenters. The van der Waals surface area contributed by atoms with Crippen molar-refractivity contribution in [2.24, 2.45) is 0 Å². The lowest BCUT2D eigenvalue weighted by molar-refractivity contribution is -0.167. The van der Waals surface area contributed by atoms with Crippen LogP contribution in [0.1, 0.15) is 181 Å². The highest BCUT2D eigenvalue weighted by Gasteiger charge is 2.19. The van der Waals surface area contributed by atoms with Crippen LogP contribution in [0.5, 0.6) is 0 Å². The Morgan fingerprint density at radius 3 is 1.29 bits per heavy atom. The topological polar surface area (TPSA) is 78.9 Å². The summed E-state index contributed by atoms with van der Waals surface area (Å²) in [5.41, 5.74) is 0. The molecule has 0 saturated heterocycles. The first-order valence-corrected chi connectivity index (χ1v) is 23.0. The van der Waals surface area contributed by atoms with E-state index in [2.05, 4.69) is 69.4 Å². The first-order chi connectivity index (χ1) is 28.5. The predicted molar refractivity (Wildman–Crippen MR) is 247 cm³/mol. The summed E-state index contributed by atoms with van der Waals surface area (Å²) < 4.78 is 16.6. The van der Waals surface area contributed by atoms with Crippen molar-refractivity contribution in [3.05, 3.63) is 109 Å². The van der Waals surface area contributed by atoms with Gasteiger partial charge in [0, 0.05) is 19.3 Å². The highest BCUT2D eigenvalue weighted by molar-refractivity contribution is 5.71. The predicted octanol–water partition coefficient (Wildman–Crippen LogP) is 14.8. The van der Waals surface area contributed by atoms with E-state index in [0.29, 0.717) is 19.3 Å². The van der Waals surface area contributed by atoms with Gasteiger partial charge < -0.3 is 14.2 Å². The molecule has 0 radical (unpaired) electrons. The summed E-state index contributed by atoms with van der Waals surface area (Å²) in [5, 5.41) is 0. The van der Waals surface area contributed by atoms with Gasteiger partial charge in [0.25, 0.3) is 0 Å². The Bertz CT molecular complexity index is 1240. The van der Waals surface area contributed by atoms with Crippen LogP contribution in [0.15, 0.2) is 109 Å². The molecule has 0 aliphatic heterocycles. The lowest BCUT2D eigenvalue weighted by Crippen LogP contribution is -2.30. The van der Waals surface area contributed by atoms with Gasteiger partial charge in [0.1, 0.15) is 13.2 Å². The van der Waals surface area contributed by atoms with Crippen molar-refractivity contribution in [2.75, 3.05) is 13.2 Å². The molecule has 6 heteroatoms. The van der Waals surface area contributed by atoms with Gasteiger partial charge in [0.05, 0.1) is 0 Å². The van der Waals surface area contributed by atoms with Crippen molar-refractivity contribution < 1.29 is 28.6 Å². The van der Waals surface area contributed by atoms with Crippen LogP contribution in [0.2, 0.25) is 0 Å². The fraction of sp³-hybridized carbons (Fsp3) is 0.596. The van der Waals surface area contributed by atoms with Gasteiger partial charge in [-0.05, 0) is 70.6 Å². The van der Waals surface area contributed by atoms with Crippen molar-refractivity contribution in [3.63, 3.8) is 0 Å². The third-order valence-electron chi connectivity index (χ3n) is 9.18. The van der Waals surface area contributed by atoms with Crippen LogP contribution >= 0.6 is 0 Å². The molecule has 58 heavy (non-hydrogen) atoms. The van der Waals surface area contributed by atoms with Crippen LogP contribution in [-0.2, 0) is 28.6 Å². The summed E-state index contributed by atoms with van der Waals surface area (Å²) in [6.07, 6.45) is 60.7. The van der Waals surface area contributed by atoms with Crippen molar-refractivity contribution in [1.29, 1.82) is 0 Å². The van der Waals surface area contributed by atoms with Crippen LogP contribution in [0, 0.1) is 0 Å². The smallest absolute Gasteiger partial charge is 0.306 e. The molecule has 6 nitrogen and oxygen atoms in total. The third-order valence-corrected chi connectivity index (χ3v) is 9.18. The maximum atomic E-state index is 12.7. The van der Waals surface area contributed by atoms with E-state index in [1.165, 1.54) is 51.4 Å². The average molecular weight is 803 g/mol. The Morgan fingerprint density at radius 2 is 0.759 bits per heavy atom. The van der Waals surface area contributed by atoms with E-state index in [1.54, 1.807) is 0 Å². The summed E-state index contributed by atoms with van der Waals surface area (Å²) in [7, 11) is 0. The van der Waals surface area contributed by atoms with Gasteiger partial charge in [0.15, 0.2) is 6.10 Å². The minimum atomic E-state index is -0.814. The van der Waals surface area contributed by atoms with Crippen LogP contribution in [0.4, 0.5) is 0 Å². The number of carbonyl (C=O) groups excluding carboxylic acids is 3. The number of allylic oxidation sites excluding steroid dienone is 18. The fourth-order valence-corrected chi connectivity index (χ4v) is 5.78. The summed E-state index contributed by atoms with van der Waals surface area (Å²) >= 11 is 0. The zero-order valence-electron chi connectivity index (χ0n) is 37.0. The van der Waals surface area contributed by atoms with Crippen molar-refractivity contribution >= 4 is 17.9 Å². The molecule has 1 unspecified atom stereocenters. The molecule has 0 aromatic heterocycles. The largest absolute Gasteiger partial charge is 0.462 e. The lowest BCUT2D eigenvalue weighted by atomic mass is 10.1. The molecule has 0 amide bonds. The van der Waals surface area contributed by atoms with Gasteiger partial charge in [-0.3, -0.25) is 14.4 Å².